The van der Waals surface area contributed by atoms with E-state index in [2.05, 4.69) is 15.5 Å². The number of nitrogens with one attached hydrogen (secondary N) is 2. The van der Waals surface area contributed by atoms with Gasteiger partial charge in [0.25, 0.3) is 0 Å². The molecule has 2 heterocycles. The summed E-state index contributed by atoms with van der Waals surface area (Å²) >= 11 is 1.65. The summed E-state index contributed by atoms with van der Waals surface area (Å²) in [5.74, 6) is 0.0912. The van der Waals surface area contributed by atoms with Crippen LogP contribution >= 0.6 is 11.3 Å². The molecule has 0 aromatic carbocycles. The number of piperidine rings is 1. The number of likely N-dealkylation sites (tertiary alicyclic amines) is 1. The average Bonchev–Trinajstić information content (AvgIpc) is 2.91. The molecule has 1 saturated heterocycles. The highest BCUT2D eigenvalue weighted by molar-refractivity contribution is 7.09. The third-order valence-corrected chi connectivity index (χ3v) is 4.28. The first kappa shape index (κ1) is 15.0. The molecule has 1 aromatic heterocycles. The standard InChI is InChI=1S/C14H21N3O2S/c1-11(18)16-12-4-6-17(7-5-12)10-14(19)15-9-13-3-2-8-20-13/h2-3,8,12H,4-7,9-10H2,1H3,(H,15,19)(H,16,18). The Morgan fingerprint density at radius 2 is 2.15 bits per heavy atom. The van der Waals surface area contributed by atoms with Crippen molar-refractivity contribution in [2.24, 2.45) is 0 Å². The van der Waals surface area contributed by atoms with Crippen molar-refractivity contribution < 1.29 is 9.59 Å². The number of hydrogen-bond acceptors (Lipinski definition) is 4. The monoisotopic (exact) mass is 295 g/mol. The summed E-state index contributed by atoms with van der Waals surface area (Å²) < 4.78 is 0. The van der Waals surface area contributed by atoms with Crippen molar-refractivity contribution in [3.05, 3.63) is 22.4 Å². The van der Waals surface area contributed by atoms with Crippen LogP contribution in [0.3, 0.4) is 0 Å². The molecular formula is C14H21N3O2S. The van der Waals surface area contributed by atoms with Gasteiger partial charge < -0.3 is 10.6 Å². The van der Waals surface area contributed by atoms with Gasteiger partial charge in [-0.3, -0.25) is 14.5 Å². The summed E-state index contributed by atoms with van der Waals surface area (Å²) in [6, 6.07) is 4.26. The highest BCUT2D eigenvalue weighted by atomic mass is 32.1. The molecule has 1 aliphatic heterocycles. The van der Waals surface area contributed by atoms with Crippen molar-refractivity contribution in [1.29, 1.82) is 0 Å². The van der Waals surface area contributed by atoms with Gasteiger partial charge in [-0.25, -0.2) is 0 Å². The van der Waals surface area contributed by atoms with Gasteiger partial charge in [0.05, 0.1) is 13.1 Å². The second kappa shape index (κ2) is 7.40. The maximum atomic E-state index is 11.8. The van der Waals surface area contributed by atoms with Gasteiger partial charge in [-0.05, 0) is 24.3 Å². The van der Waals surface area contributed by atoms with Gasteiger partial charge >= 0.3 is 0 Å². The molecule has 1 fully saturated rings. The molecule has 2 rings (SSSR count). The highest BCUT2D eigenvalue weighted by Gasteiger charge is 2.21. The van der Waals surface area contributed by atoms with E-state index in [-0.39, 0.29) is 17.9 Å². The Kier molecular flexibility index (Phi) is 5.55. The quantitative estimate of drug-likeness (QED) is 0.851. The number of thiophene rings is 1. The fraction of sp³-hybridized carbons (Fsp3) is 0.571. The van der Waals surface area contributed by atoms with E-state index < -0.39 is 0 Å². The second-order valence-electron chi connectivity index (χ2n) is 5.11. The molecule has 0 bridgehead atoms. The number of carbonyl (C=O) groups is 2. The van der Waals surface area contributed by atoms with E-state index in [9.17, 15) is 9.59 Å². The van der Waals surface area contributed by atoms with Crippen LogP contribution in [0.1, 0.15) is 24.6 Å². The summed E-state index contributed by atoms with van der Waals surface area (Å²) in [4.78, 5) is 26.1. The van der Waals surface area contributed by atoms with Crippen LogP contribution in [-0.2, 0) is 16.1 Å². The number of rotatable bonds is 5. The van der Waals surface area contributed by atoms with Gasteiger partial charge in [0.2, 0.25) is 11.8 Å². The molecule has 2 amide bonds. The molecular weight excluding hydrogens is 274 g/mol. The zero-order valence-electron chi connectivity index (χ0n) is 11.7. The van der Waals surface area contributed by atoms with Crippen LogP contribution in [0.5, 0.6) is 0 Å². The van der Waals surface area contributed by atoms with Crippen molar-refractivity contribution in [3.8, 4) is 0 Å². The van der Waals surface area contributed by atoms with Gasteiger partial charge in [0.1, 0.15) is 0 Å². The van der Waals surface area contributed by atoms with Crippen LogP contribution in [0.25, 0.3) is 0 Å². The number of carbonyl (C=O) groups excluding carboxylic acids is 2. The molecule has 6 heteroatoms. The Bertz CT molecular complexity index is 439. The minimum absolute atomic E-state index is 0.0251. The fourth-order valence-electron chi connectivity index (χ4n) is 2.38. The topological polar surface area (TPSA) is 61.4 Å². The van der Waals surface area contributed by atoms with E-state index in [4.69, 9.17) is 0 Å². The number of amides is 2. The first-order valence-corrected chi connectivity index (χ1v) is 7.80. The lowest BCUT2D eigenvalue weighted by atomic mass is 10.1. The largest absolute Gasteiger partial charge is 0.354 e. The third-order valence-electron chi connectivity index (χ3n) is 3.40. The molecule has 0 unspecified atom stereocenters. The molecule has 1 aliphatic rings. The molecule has 0 aliphatic carbocycles. The highest BCUT2D eigenvalue weighted by Crippen LogP contribution is 2.10. The predicted molar refractivity (Wildman–Crippen MR) is 79.4 cm³/mol. The Morgan fingerprint density at radius 3 is 2.75 bits per heavy atom. The van der Waals surface area contributed by atoms with Crippen molar-refractivity contribution >= 4 is 23.2 Å². The summed E-state index contributed by atoms with van der Waals surface area (Å²) in [5.41, 5.74) is 0. The van der Waals surface area contributed by atoms with Crippen LogP contribution in [0.15, 0.2) is 17.5 Å². The maximum absolute atomic E-state index is 11.8. The SMILES string of the molecule is CC(=O)NC1CCN(CC(=O)NCc2cccs2)CC1. The van der Waals surface area contributed by atoms with E-state index in [1.54, 1.807) is 18.3 Å². The predicted octanol–water partition coefficient (Wildman–Crippen LogP) is 0.965. The van der Waals surface area contributed by atoms with Gasteiger partial charge in [-0.15, -0.1) is 11.3 Å². The molecule has 0 atom stereocenters. The zero-order valence-corrected chi connectivity index (χ0v) is 12.5. The molecule has 0 spiro atoms. The molecule has 110 valence electrons. The van der Waals surface area contributed by atoms with Gasteiger partial charge in [0.15, 0.2) is 0 Å². The lowest BCUT2D eigenvalue weighted by molar-refractivity contribution is -0.123. The van der Waals surface area contributed by atoms with E-state index in [0.717, 1.165) is 25.9 Å². The molecule has 0 saturated carbocycles. The van der Waals surface area contributed by atoms with E-state index in [0.29, 0.717) is 13.1 Å². The normalized spacial score (nSPS) is 16.9. The minimum atomic E-state index is 0.0251. The first-order valence-electron chi connectivity index (χ1n) is 6.92. The first-order chi connectivity index (χ1) is 9.63. The molecule has 1 aromatic rings. The van der Waals surface area contributed by atoms with Crippen LogP contribution in [0.2, 0.25) is 0 Å². The zero-order chi connectivity index (χ0) is 14.4. The van der Waals surface area contributed by atoms with E-state index >= 15 is 0 Å². The lowest BCUT2D eigenvalue weighted by Crippen LogP contribution is -2.46. The van der Waals surface area contributed by atoms with Gasteiger partial charge in [-0.1, -0.05) is 6.07 Å². The van der Waals surface area contributed by atoms with Crippen LogP contribution in [-0.4, -0.2) is 42.4 Å². The number of hydrogen-bond donors (Lipinski definition) is 2. The molecule has 20 heavy (non-hydrogen) atoms. The average molecular weight is 295 g/mol. The summed E-state index contributed by atoms with van der Waals surface area (Å²) in [6.07, 6.45) is 1.83. The summed E-state index contributed by atoms with van der Waals surface area (Å²) in [6.45, 7) is 4.32. The summed E-state index contributed by atoms with van der Waals surface area (Å²) in [5, 5.41) is 7.88. The third kappa shape index (κ3) is 4.94. The van der Waals surface area contributed by atoms with Crippen LogP contribution in [0.4, 0.5) is 0 Å². The summed E-state index contributed by atoms with van der Waals surface area (Å²) in [7, 11) is 0. The van der Waals surface area contributed by atoms with Crippen LogP contribution < -0.4 is 10.6 Å². The lowest BCUT2D eigenvalue weighted by Gasteiger charge is -2.31. The Morgan fingerprint density at radius 1 is 1.40 bits per heavy atom. The van der Waals surface area contributed by atoms with Crippen molar-refractivity contribution in [1.82, 2.24) is 15.5 Å². The smallest absolute Gasteiger partial charge is 0.234 e. The van der Waals surface area contributed by atoms with Gasteiger partial charge in [0, 0.05) is 30.9 Å². The van der Waals surface area contributed by atoms with Crippen LogP contribution in [0, 0.1) is 0 Å². The Balaban J connectivity index is 1.64. The molecule has 5 nitrogen and oxygen atoms in total. The second-order valence-corrected chi connectivity index (χ2v) is 6.14. The Labute approximate surface area is 123 Å². The van der Waals surface area contributed by atoms with E-state index in [1.807, 2.05) is 17.5 Å². The van der Waals surface area contributed by atoms with Gasteiger partial charge in [-0.2, -0.15) is 0 Å². The minimum Gasteiger partial charge on any atom is -0.354 e. The fourth-order valence-corrected chi connectivity index (χ4v) is 3.03. The number of nitrogens with zero attached hydrogens (tertiary/aromatic N) is 1. The maximum Gasteiger partial charge on any atom is 0.234 e. The molecule has 2 N–H and O–H groups in total. The Hall–Kier alpha value is -1.40. The van der Waals surface area contributed by atoms with Crippen molar-refractivity contribution in [2.45, 2.75) is 32.4 Å². The van der Waals surface area contributed by atoms with Crippen molar-refractivity contribution in [2.75, 3.05) is 19.6 Å². The van der Waals surface area contributed by atoms with E-state index in [1.165, 1.54) is 4.88 Å². The van der Waals surface area contributed by atoms with Crippen molar-refractivity contribution in [3.63, 3.8) is 0 Å². The molecule has 0 radical (unpaired) electrons.